The van der Waals surface area contributed by atoms with Gasteiger partial charge in [0, 0.05) is 39.3 Å². The van der Waals surface area contributed by atoms with Gasteiger partial charge in [0.15, 0.2) is 17.8 Å². The summed E-state index contributed by atoms with van der Waals surface area (Å²) in [6.07, 6.45) is 6.83. The maximum Gasteiger partial charge on any atom is 0.332 e. The lowest BCUT2D eigenvalue weighted by Gasteiger charge is -2.48. The van der Waals surface area contributed by atoms with Gasteiger partial charge >= 0.3 is 11.7 Å². The maximum absolute atomic E-state index is 12.5. The first-order valence-corrected chi connectivity index (χ1v) is 11.7. The highest BCUT2D eigenvalue weighted by molar-refractivity contribution is 5.81. The van der Waals surface area contributed by atoms with Crippen molar-refractivity contribution in [1.82, 2.24) is 28.9 Å². The zero-order chi connectivity index (χ0) is 24.3. The SMILES string of the molecule is Cn1c(=O)c2c(ncn2CC(=O)OCC(=O)NCC2(N3CCOCC3)CCCCC2)n(C)c1=O. The number of carbonyl (C=O) groups excluding carboxylic acids is 2. The highest BCUT2D eigenvalue weighted by Gasteiger charge is 2.38. The van der Waals surface area contributed by atoms with E-state index in [2.05, 4.69) is 15.2 Å². The molecule has 1 aliphatic heterocycles. The molecule has 1 N–H and O–H groups in total. The minimum Gasteiger partial charge on any atom is -0.454 e. The highest BCUT2D eigenvalue weighted by Crippen LogP contribution is 2.33. The van der Waals surface area contributed by atoms with E-state index in [1.54, 1.807) is 0 Å². The number of hydrogen-bond donors (Lipinski definition) is 1. The van der Waals surface area contributed by atoms with Gasteiger partial charge in [0.05, 0.1) is 19.5 Å². The molecule has 186 valence electrons. The summed E-state index contributed by atoms with van der Waals surface area (Å²) in [7, 11) is 2.86. The van der Waals surface area contributed by atoms with Gasteiger partial charge in [0.25, 0.3) is 11.5 Å². The number of ether oxygens (including phenoxy) is 2. The molecule has 2 aliphatic rings. The number of carbonyl (C=O) groups is 2. The second-order valence-corrected chi connectivity index (χ2v) is 9.07. The van der Waals surface area contributed by atoms with Crippen LogP contribution in [0, 0.1) is 0 Å². The number of morpholine rings is 1. The number of amides is 1. The molecule has 0 bridgehead atoms. The summed E-state index contributed by atoms with van der Waals surface area (Å²) in [6, 6.07) is 0. The van der Waals surface area contributed by atoms with Crippen LogP contribution < -0.4 is 16.6 Å². The molecular formula is C22H32N6O6. The Labute approximate surface area is 196 Å². The topological polar surface area (TPSA) is 130 Å². The van der Waals surface area contributed by atoms with E-state index in [0.717, 1.165) is 43.3 Å². The number of hydrogen-bond acceptors (Lipinski definition) is 8. The second-order valence-electron chi connectivity index (χ2n) is 9.07. The Bertz CT molecular complexity index is 1170. The zero-order valence-corrected chi connectivity index (χ0v) is 19.7. The molecule has 1 aliphatic carbocycles. The Hall–Kier alpha value is -2.99. The van der Waals surface area contributed by atoms with E-state index in [-0.39, 0.29) is 29.2 Å². The fraction of sp³-hybridized carbons (Fsp3) is 0.682. The van der Waals surface area contributed by atoms with Crippen molar-refractivity contribution in [3.8, 4) is 0 Å². The average molecular weight is 477 g/mol. The molecule has 34 heavy (non-hydrogen) atoms. The summed E-state index contributed by atoms with van der Waals surface area (Å²) in [6.45, 7) is 2.93. The first-order chi connectivity index (χ1) is 16.3. The van der Waals surface area contributed by atoms with E-state index < -0.39 is 23.8 Å². The minimum absolute atomic E-state index is 0.0760. The number of imidazole rings is 1. The summed E-state index contributed by atoms with van der Waals surface area (Å²) >= 11 is 0. The van der Waals surface area contributed by atoms with Crippen LogP contribution in [0.15, 0.2) is 15.9 Å². The average Bonchev–Trinajstić information content (AvgIpc) is 3.28. The van der Waals surface area contributed by atoms with Crippen molar-refractivity contribution < 1.29 is 19.1 Å². The highest BCUT2D eigenvalue weighted by atomic mass is 16.5. The lowest BCUT2D eigenvalue weighted by Crippen LogP contribution is -2.59. The fourth-order valence-electron chi connectivity index (χ4n) is 5.01. The van der Waals surface area contributed by atoms with Gasteiger partial charge in [-0.3, -0.25) is 28.4 Å². The Balaban J connectivity index is 1.34. The number of aromatic nitrogens is 4. The molecule has 3 heterocycles. The van der Waals surface area contributed by atoms with Crippen LogP contribution >= 0.6 is 0 Å². The first kappa shape index (κ1) is 24.1. The van der Waals surface area contributed by atoms with E-state index in [1.165, 1.54) is 36.0 Å². The molecule has 0 unspecified atom stereocenters. The van der Waals surface area contributed by atoms with Crippen molar-refractivity contribution in [2.45, 2.75) is 44.2 Å². The lowest BCUT2D eigenvalue weighted by atomic mass is 9.79. The summed E-state index contributed by atoms with van der Waals surface area (Å²) < 4.78 is 14.2. The zero-order valence-electron chi connectivity index (χ0n) is 19.7. The van der Waals surface area contributed by atoms with Gasteiger partial charge in [-0.1, -0.05) is 19.3 Å². The fourth-order valence-corrected chi connectivity index (χ4v) is 5.01. The van der Waals surface area contributed by atoms with Crippen LogP contribution in [0.4, 0.5) is 0 Å². The third kappa shape index (κ3) is 4.78. The summed E-state index contributed by atoms with van der Waals surface area (Å²) in [5, 5.41) is 2.96. The summed E-state index contributed by atoms with van der Waals surface area (Å²) in [4.78, 5) is 55.9. The molecule has 12 nitrogen and oxygen atoms in total. The molecule has 1 amide bonds. The number of fused-ring (bicyclic) bond motifs is 1. The third-order valence-electron chi connectivity index (χ3n) is 6.96. The van der Waals surface area contributed by atoms with Crippen molar-refractivity contribution >= 4 is 23.0 Å². The predicted octanol–water partition coefficient (Wildman–Crippen LogP) is -0.872. The Morgan fingerprint density at radius 2 is 1.82 bits per heavy atom. The van der Waals surface area contributed by atoms with E-state index in [9.17, 15) is 19.2 Å². The molecule has 2 aromatic rings. The van der Waals surface area contributed by atoms with Crippen LogP contribution in [0.1, 0.15) is 32.1 Å². The molecule has 2 fully saturated rings. The van der Waals surface area contributed by atoms with Gasteiger partial charge in [0.2, 0.25) is 0 Å². The quantitative estimate of drug-likeness (QED) is 0.511. The number of rotatable bonds is 7. The predicted molar refractivity (Wildman–Crippen MR) is 122 cm³/mol. The molecule has 12 heteroatoms. The van der Waals surface area contributed by atoms with Gasteiger partial charge in [-0.2, -0.15) is 0 Å². The normalized spacial score (nSPS) is 18.6. The van der Waals surface area contributed by atoms with Crippen LogP contribution in [0.2, 0.25) is 0 Å². The summed E-state index contributed by atoms with van der Waals surface area (Å²) in [5.74, 6) is -1.04. The largest absolute Gasteiger partial charge is 0.454 e. The van der Waals surface area contributed by atoms with Crippen molar-refractivity contribution in [2.75, 3.05) is 39.5 Å². The molecule has 2 aromatic heterocycles. The number of esters is 1. The van der Waals surface area contributed by atoms with Gasteiger partial charge in [-0.25, -0.2) is 9.78 Å². The van der Waals surface area contributed by atoms with Crippen molar-refractivity contribution in [2.24, 2.45) is 14.1 Å². The van der Waals surface area contributed by atoms with Crippen LogP contribution in [0.5, 0.6) is 0 Å². The van der Waals surface area contributed by atoms with Gasteiger partial charge < -0.3 is 19.4 Å². The van der Waals surface area contributed by atoms with Crippen molar-refractivity contribution in [3.05, 3.63) is 27.2 Å². The van der Waals surface area contributed by atoms with Crippen molar-refractivity contribution in [1.29, 1.82) is 0 Å². The lowest BCUT2D eigenvalue weighted by molar-refractivity contribution is -0.149. The van der Waals surface area contributed by atoms with Crippen LogP contribution in [0.3, 0.4) is 0 Å². The first-order valence-electron chi connectivity index (χ1n) is 11.7. The molecule has 1 saturated carbocycles. The van der Waals surface area contributed by atoms with Crippen molar-refractivity contribution in [3.63, 3.8) is 0 Å². The van der Waals surface area contributed by atoms with Gasteiger partial charge in [0.1, 0.15) is 6.54 Å². The molecular weight excluding hydrogens is 444 g/mol. The van der Waals surface area contributed by atoms with Gasteiger partial charge in [-0.05, 0) is 12.8 Å². The number of aryl methyl sites for hydroxylation is 1. The van der Waals surface area contributed by atoms with E-state index >= 15 is 0 Å². The number of nitrogens with zero attached hydrogens (tertiary/aromatic N) is 5. The molecule has 0 spiro atoms. The third-order valence-corrected chi connectivity index (χ3v) is 6.96. The Kier molecular flexibility index (Phi) is 7.17. The van der Waals surface area contributed by atoms with Crippen LogP contribution in [-0.4, -0.2) is 80.5 Å². The van der Waals surface area contributed by atoms with E-state index in [0.29, 0.717) is 19.8 Å². The standard InChI is InChI=1S/C22H32N6O6/c1-25-19-18(20(31)26(2)21(25)32)27(15-24-19)12-17(30)34-13-16(29)23-14-22(6-4-3-5-7-22)28-8-10-33-11-9-28/h15H,3-14H2,1-2H3,(H,23,29). The molecule has 4 rings (SSSR count). The van der Waals surface area contributed by atoms with Gasteiger partial charge in [-0.15, -0.1) is 0 Å². The van der Waals surface area contributed by atoms with Crippen LogP contribution in [0.25, 0.3) is 11.2 Å². The molecule has 0 aromatic carbocycles. The molecule has 1 saturated heterocycles. The Morgan fingerprint density at radius 3 is 2.53 bits per heavy atom. The smallest absolute Gasteiger partial charge is 0.332 e. The Morgan fingerprint density at radius 1 is 1.12 bits per heavy atom. The summed E-state index contributed by atoms with van der Waals surface area (Å²) in [5.41, 5.74) is -0.833. The van der Waals surface area contributed by atoms with E-state index in [4.69, 9.17) is 9.47 Å². The number of nitrogens with one attached hydrogen (secondary N) is 1. The minimum atomic E-state index is -0.675. The second kappa shape index (κ2) is 10.1. The monoisotopic (exact) mass is 476 g/mol. The maximum atomic E-state index is 12.5. The molecule has 0 atom stereocenters. The molecule has 0 radical (unpaired) electrons. The van der Waals surface area contributed by atoms with E-state index in [1.807, 2.05) is 0 Å². The van der Waals surface area contributed by atoms with Crippen LogP contribution in [-0.2, 0) is 39.7 Å².